The molecule has 0 spiro atoms. The topological polar surface area (TPSA) is 0 Å². The van der Waals surface area contributed by atoms with Gasteiger partial charge in [0.25, 0.3) is 0 Å². The third kappa shape index (κ3) is 3.66. The summed E-state index contributed by atoms with van der Waals surface area (Å²) in [7, 11) is 0. The molecular weight excluding hydrogens is 192 g/mol. The van der Waals surface area contributed by atoms with Crippen LogP contribution in [0.2, 0.25) is 0 Å². The highest BCUT2D eigenvalue weighted by atomic mass is 14.2. The Bertz CT molecular complexity index is 291. The molecule has 0 nitrogen and oxygen atoms in total. The number of rotatable bonds is 5. The molecule has 1 unspecified atom stereocenters. The Morgan fingerprint density at radius 3 is 2.75 bits per heavy atom. The first-order valence-corrected chi connectivity index (χ1v) is 6.71. The van der Waals surface area contributed by atoms with Crippen LogP contribution < -0.4 is 0 Å². The highest BCUT2D eigenvalue weighted by Gasteiger charge is 2.18. The van der Waals surface area contributed by atoms with Gasteiger partial charge in [-0.3, -0.25) is 0 Å². The van der Waals surface area contributed by atoms with Gasteiger partial charge < -0.3 is 0 Å². The summed E-state index contributed by atoms with van der Waals surface area (Å²) in [4.78, 5) is 0. The van der Waals surface area contributed by atoms with Crippen LogP contribution in [0.1, 0.15) is 59.3 Å². The number of hydrogen-bond donors (Lipinski definition) is 0. The van der Waals surface area contributed by atoms with Crippen molar-refractivity contribution in [3.63, 3.8) is 0 Å². The van der Waals surface area contributed by atoms with Crippen molar-refractivity contribution in [2.75, 3.05) is 0 Å². The molecular formula is C16H26. The van der Waals surface area contributed by atoms with Crippen LogP contribution in [-0.2, 0) is 0 Å². The Balaban J connectivity index is 2.78. The molecule has 0 aromatic heterocycles. The minimum Gasteiger partial charge on any atom is -0.0995 e. The lowest BCUT2D eigenvalue weighted by Crippen LogP contribution is -2.09. The second-order valence-electron chi connectivity index (χ2n) is 4.93. The molecule has 0 amide bonds. The van der Waals surface area contributed by atoms with Crippen LogP contribution in [-0.4, -0.2) is 0 Å². The zero-order chi connectivity index (χ0) is 12.0. The van der Waals surface area contributed by atoms with Gasteiger partial charge in [-0.1, -0.05) is 50.1 Å². The van der Waals surface area contributed by atoms with Crippen molar-refractivity contribution in [2.45, 2.75) is 59.3 Å². The summed E-state index contributed by atoms with van der Waals surface area (Å²) in [5, 5.41) is 0. The summed E-state index contributed by atoms with van der Waals surface area (Å²) < 4.78 is 0. The van der Waals surface area contributed by atoms with Crippen LogP contribution in [0.3, 0.4) is 0 Å². The zero-order valence-corrected chi connectivity index (χ0v) is 11.2. The van der Waals surface area contributed by atoms with E-state index in [4.69, 9.17) is 0 Å². The minimum absolute atomic E-state index is 0.907. The van der Waals surface area contributed by atoms with Gasteiger partial charge in [-0.05, 0) is 50.5 Å². The lowest BCUT2D eigenvalue weighted by atomic mass is 9.80. The maximum atomic E-state index is 4.14. The standard InChI is InChI=1S/C16H26/c1-5-8-15-12-14(7-3)9-10-16(15)11-13(4)6-2/h5,8,14H,4,6-7,9-12H2,1-3H3/b8-5-. The summed E-state index contributed by atoms with van der Waals surface area (Å²) in [5.41, 5.74) is 4.62. The van der Waals surface area contributed by atoms with E-state index in [0.717, 1.165) is 18.8 Å². The Kier molecular flexibility index (Phi) is 5.59. The van der Waals surface area contributed by atoms with Crippen molar-refractivity contribution in [3.05, 3.63) is 35.5 Å². The third-order valence-corrected chi connectivity index (χ3v) is 3.73. The molecule has 0 N–H and O–H groups in total. The van der Waals surface area contributed by atoms with Gasteiger partial charge in [-0.15, -0.1) is 0 Å². The van der Waals surface area contributed by atoms with Crippen LogP contribution in [0.5, 0.6) is 0 Å². The fourth-order valence-corrected chi connectivity index (χ4v) is 2.46. The highest BCUT2D eigenvalue weighted by Crippen LogP contribution is 2.35. The van der Waals surface area contributed by atoms with Crippen LogP contribution in [0.4, 0.5) is 0 Å². The summed E-state index contributed by atoms with van der Waals surface area (Å²) in [6.07, 6.45) is 12.0. The quantitative estimate of drug-likeness (QED) is 0.540. The molecule has 0 fully saturated rings. The summed E-state index contributed by atoms with van der Waals surface area (Å²) in [6, 6.07) is 0. The highest BCUT2D eigenvalue weighted by molar-refractivity contribution is 5.31. The second kappa shape index (κ2) is 6.73. The second-order valence-corrected chi connectivity index (χ2v) is 4.93. The maximum absolute atomic E-state index is 4.14. The first-order chi connectivity index (χ1) is 7.71. The van der Waals surface area contributed by atoms with Crippen LogP contribution >= 0.6 is 0 Å². The predicted molar refractivity (Wildman–Crippen MR) is 73.5 cm³/mol. The number of hydrogen-bond acceptors (Lipinski definition) is 0. The van der Waals surface area contributed by atoms with Gasteiger partial charge in [0.05, 0.1) is 0 Å². The van der Waals surface area contributed by atoms with E-state index in [1.807, 2.05) is 0 Å². The van der Waals surface area contributed by atoms with Crippen molar-refractivity contribution in [2.24, 2.45) is 5.92 Å². The Hall–Kier alpha value is -0.780. The largest absolute Gasteiger partial charge is 0.0995 e. The smallest absolute Gasteiger partial charge is 0.0105 e. The van der Waals surface area contributed by atoms with Crippen molar-refractivity contribution < 1.29 is 0 Å². The van der Waals surface area contributed by atoms with E-state index in [-0.39, 0.29) is 0 Å². The van der Waals surface area contributed by atoms with Gasteiger partial charge in [-0.2, -0.15) is 0 Å². The Morgan fingerprint density at radius 1 is 1.44 bits per heavy atom. The average Bonchev–Trinajstić information content (AvgIpc) is 2.31. The molecule has 90 valence electrons. The van der Waals surface area contributed by atoms with E-state index in [0.29, 0.717) is 0 Å². The molecule has 16 heavy (non-hydrogen) atoms. The van der Waals surface area contributed by atoms with Gasteiger partial charge in [-0.25, -0.2) is 0 Å². The summed E-state index contributed by atoms with van der Waals surface area (Å²) in [5.74, 6) is 0.907. The average molecular weight is 218 g/mol. The normalized spacial score (nSPS) is 21.8. The van der Waals surface area contributed by atoms with E-state index in [2.05, 4.69) is 39.5 Å². The van der Waals surface area contributed by atoms with Gasteiger partial charge in [0.1, 0.15) is 0 Å². The molecule has 0 aromatic carbocycles. The van der Waals surface area contributed by atoms with E-state index in [9.17, 15) is 0 Å². The number of allylic oxidation sites excluding steroid dienone is 5. The summed E-state index contributed by atoms with van der Waals surface area (Å²) in [6.45, 7) is 10.8. The minimum atomic E-state index is 0.907. The molecule has 0 saturated carbocycles. The maximum Gasteiger partial charge on any atom is -0.0105 e. The molecule has 0 radical (unpaired) electrons. The first-order valence-electron chi connectivity index (χ1n) is 6.71. The lowest BCUT2D eigenvalue weighted by molar-refractivity contribution is 0.442. The molecule has 1 atom stereocenters. The van der Waals surface area contributed by atoms with E-state index >= 15 is 0 Å². The molecule has 1 aliphatic rings. The predicted octanol–water partition coefficient (Wildman–Crippen LogP) is 5.43. The third-order valence-electron chi connectivity index (χ3n) is 3.73. The Morgan fingerprint density at radius 2 is 2.19 bits per heavy atom. The van der Waals surface area contributed by atoms with E-state index in [1.165, 1.54) is 31.3 Å². The monoisotopic (exact) mass is 218 g/mol. The summed E-state index contributed by atoms with van der Waals surface area (Å²) >= 11 is 0. The van der Waals surface area contributed by atoms with Crippen LogP contribution in [0.25, 0.3) is 0 Å². The van der Waals surface area contributed by atoms with Crippen LogP contribution in [0.15, 0.2) is 35.5 Å². The van der Waals surface area contributed by atoms with E-state index < -0.39 is 0 Å². The van der Waals surface area contributed by atoms with Gasteiger partial charge in [0, 0.05) is 0 Å². The lowest BCUT2D eigenvalue weighted by Gasteiger charge is -2.25. The zero-order valence-electron chi connectivity index (χ0n) is 11.2. The fourth-order valence-electron chi connectivity index (χ4n) is 2.46. The van der Waals surface area contributed by atoms with Crippen molar-refractivity contribution in [1.82, 2.24) is 0 Å². The van der Waals surface area contributed by atoms with Crippen molar-refractivity contribution in [3.8, 4) is 0 Å². The SMILES string of the molecule is C=C(CC)CC1=C(/C=C\C)CC(CC)CC1. The van der Waals surface area contributed by atoms with Crippen LogP contribution in [0, 0.1) is 5.92 Å². The fraction of sp³-hybridized carbons (Fsp3) is 0.625. The molecule has 0 aromatic rings. The molecule has 0 aliphatic heterocycles. The van der Waals surface area contributed by atoms with Crippen molar-refractivity contribution >= 4 is 0 Å². The Labute approximate surface area is 101 Å². The van der Waals surface area contributed by atoms with Gasteiger partial charge in [0.2, 0.25) is 0 Å². The van der Waals surface area contributed by atoms with Gasteiger partial charge >= 0.3 is 0 Å². The van der Waals surface area contributed by atoms with Crippen molar-refractivity contribution in [1.29, 1.82) is 0 Å². The molecule has 0 saturated heterocycles. The molecule has 1 rings (SSSR count). The molecule has 0 heteroatoms. The molecule has 1 aliphatic carbocycles. The molecule has 0 bridgehead atoms. The van der Waals surface area contributed by atoms with E-state index in [1.54, 1.807) is 11.1 Å². The first kappa shape index (κ1) is 13.3. The molecule has 0 heterocycles. The van der Waals surface area contributed by atoms with Gasteiger partial charge in [0.15, 0.2) is 0 Å².